The van der Waals surface area contributed by atoms with Gasteiger partial charge in [0.1, 0.15) is 5.82 Å². The van der Waals surface area contributed by atoms with Crippen molar-refractivity contribution in [2.45, 2.75) is 33.1 Å². The summed E-state index contributed by atoms with van der Waals surface area (Å²) in [6.07, 6.45) is 3.72. The molecule has 0 amide bonds. The highest BCUT2D eigenvalue weighted by Gasteiger charge is 2.20. The van der Waals surface area contributed by atoms with E-state index in [-0.39, 0.29) is 5.41 Å². The second-order valence-corrected chi connectivity index (χ2v) is 6.40. The Labute approximate surface area is 125 Å². The maximum absolute atomic E-state index is 4.91. The molecule has 0 saturated carbocycles. The lowest BCUT2D eigenvalue weighted by Gasteiger charge is -2.23. The van der Waals surface area contributed by atoms with Gasteiger partial charge in [-0.3, -0.25) is 4.98 Å². The lowest BCUT2D eigenvalue weighted by atomic mass is 9.86. The summed E-state index contributed by atoms with van der Waals surface area (Å²) in [6, 6.07) is 8.57. The van der Waals surface area contributed by atoms with Gasteiger partial charge in [0, 0.05) is 35.3 Å². The Morgan fingerprint density at radius 1 is 1.10 bits per heavy atom. The molecular weight excluding hydrogens is 258 g/mol. The molecule has 0 radical (unpaired) electrons. The first-order valence-electron chi connectivity index (χ1n) is 7.42. The molecule has 108 valence electrons. The molecule has 0 unspecified atom stereocenters. The van der Waals surface area contributed by atoms with Crippen molar-refractivity contribution in [1.29, 1.82) is 0 Å². The van der Waals surface area contributed by atoms with Gasteiger partial charge in [-0.25, -0.2) is 4.98 Å². The van der Waals surface area contributed by atoms with E-state index < -0.39 is 0 Å². The van der Waals surface area contributed by atoms with E-state index in [1.807, 2.05) is 18.5 Å². The lowest BCUT2D eigenvalue weighted by Crippen LogP contribution is -2.16. The highest BCUT2D eigenvalue weighted by atomic mass is 15.0. The second kappa shape index (κ2) is 4.99. The summed E-state index contributed by atoms with van der Waals surface area (Å²) >= 11 is 0. The van der Waals surface area contributed by atoms with Gasteiger partial charge in [0.15, 0.2) is 0 Å². The molecule has 0 bridgehead atoms. The smallest absolute Gasteiger partial charge is 0.130 e. The number of nitrogens with zero attached hydrogens (tertiary/aromatic N) is 2. The van der Waals surface area contributed by atoms with Crippen LogP contribution in [0.5, 0.6) is 0 Å². The molecule has 3 heteroatoms. The van der Waals surface area contributed by atoms with E-state index in [2.05, 4.69) is 56.2 Å². The van der Waals surface area contributed by atoms with E-state index in [4.69, 9.17) is 4.98 Å². The van der Waals surface area contributed by atoms with Gasteiger partial charge in [0.05, 0.1) is 5.52 Å². The molecule has 0 atom stereocenters. The van der Waals surface area contributed by atoms with Crippen LogP contribution in [0, 0.1) is 0 Å². The van der Waals surface area contributed by atoms with Crippen LogP contribution in [0.3, 0.4) is 0 Å². The summed E-state index contributed by atoms with van der Waals surface area (Å²) < 4.78 is 0. The highest BCUT2D eigenvalue weighted by molar-refractivity contribution is 6.05. The highest BCUT2D eigenvalue weighted by Crippen LogP contribution is 2.33. The number of anilines is 1. The van der Waals surface area contributed by atoms with Crippen molar-refractivity contribution < 1.29 is 0 Å². The first-order valence-corrected chi connectivity index (χ1v) is 7.42. The summed E-state index contributed by atoms with van der Waals surface area (Å²) in [5.41, 5.74) is 2.33. The number of hydrogen-bond acceptors (Lipinski definition) is 3. The van der Waals surface area contributed by atoms with Gasteiger partial charge < -0.3 is 5.32 Å². The normalized spacial score (nSPS) is 12.0. The summed E-state index contributed by atoms with van der Waals surface area (Å²) in [4.78, 5) is 9.16. The zero-order chi connectivity index (χ0) is 15.0. The SMILES string of the molecule is CCNc1nc2c(ccc3ccncc32)cc1C(C)(C)C. The Morgan fingerprint density at radius 2 is 1.86 bits per heavy atom. The van der Waals surface area contributed by atoms with Crippen LogP contribution in [-0.4, -0.2) is 16.5 Å². The molecule has 0 aliphatic heterocycles. The van der Waals surface area contributed by atoms with E-state index in [1.54, 1.807) is 0 Å². The third-order valence-electron chi connectivity index (χ3n) is 3.76. The molecule has 1 N–H and O–H groups in total. The van der Waals surface area contributed by atoms with Crippen LogP contribution in [0.4, 0.5) is 5.82 Å². The van der Waals surface area contributed by atoms with Gasteiger partial charge in [0.25, 0.3) is 0 Å². The van der Waals surface area contributed by atoms with Gasteiger partial charge in [-0.15, -0.1) is 0 Å². The minimum atomic E-state index is 0.0581. The quantitative estimate of drug-likeness (QED) is 0.701. The monoisotopic (exact) mass is 279 g/mol. The second-order valence-electron chi connectivity index (χ2n) is 6.40. The van der Waals surface area contributed by atoms with E-state index in [9.17, 15) is 0 Å². The van der Waals surface area contributed by atoms with E-state index >= 15 is 0 Å². The number of fused-ring (bicyclic) bond motifs is 3. The van der Waals surface area contributed by atoms with Crippen LogP contribution < -0.4 is 5.32 Å². The third-order valence-corrected chi connectivity index (χ3v) is 3.76. The fourth-order valence-electron chi connectivity index (χ4n) is 2.67. The average Bonchev–Trinajstić information content (AvgIpc) is 2.46. The standard InChI is InChI=1S/C18H21N3/c1-5-20-17-15(18(2,3)4)10-13-7-6-12-8-9-19-11-14(12)16(13)21-17/h6-11H,5H2,1-4H3,(H,20,21). The molecule has 2 heterocycles. The number of nitrogens with one attached hydrogen (secondary N) is 1. The number of benzene rings is 1. The Balaban J connectivity index is 2.37. The van der Waals surface area contributed by atoms with Crippen LogP contribution in [-0.2, 0) is 5.41 Å². The molecular formula is C18H21N3. The summed E-state index contributed by atoms with van der Waals surface area (Å²) in [5, 5.41) is 6.86. The number of pyridine rings is 2. The average molecular weight is 279 g/mol. The third kappa shape index (κ3) is 2.44. The Kier molecular flexibility index (Phi) is 3.28. The van der Waals surface area contributed by atoms with Crippen molar-refractivity contribution >= 4 is 27.5 Å². The van der Waals surface area contributed by atoms with Gasteiger partial charge >= 0.3 is 0 Å². The van der Waals surface area contributed by atoms with Gasteiger partial charge in [0.2, 0.25) is 0 Å². The summed E-state index contributed by atoms with van der Waals surface area (Å²) in [5.74, 6) is 0.980. The van der Waals surface area contributed by atoms with Crippen molar-refractivity contribution in [3.05, 3.63) is 42.2 Å². The molecule has 21 heavy (non-hydrogen) atoms. The van der Waals surface area contributed by atoms with E-state index in [1.165, 1.54) is 16.3 Å². The molecule has 0 fully saturated rings. The van der Waals surface area contributed by atoms with Crippen LogP contribution in [0.15, 0.2) is 36.7 Å². The molecule has 1 aromatic carbocycles. The molecule has 2 aromatic heterocycles. The Bertz CT molecular complexity index is 801. The van der Waals surface area contributed by atoms with E-state index in [0.717, 1.165) is 23.3 Å². The molecule has 3 nitrogen and oxygen atoms in total. The van der Waals surface area contributed by atoms with Crippen molar-refractivity contribution in [2.75, 3.05) is 11.9 Å². The lowest BCUT2D eigenvalue weighted by molar-refractivity contribution is 0.590. The number of hydrogen-bond donors (Lipinski definition) is 1. The van der Waals surface area contributed by atoms with Crippen molar-refractivity contribution in [2.24, 2.45) is 0 Å². The van der Waals surface area contributed by atoms with Gasteiger partial charge in [-0.05, 0) is 29.9 Å². The molecule has 3 aromatic rings. The summed E-state index contributed by atoms with van der Waals surface area (Å²) in [6.45, 7) is 9.63. The van der Waals surface area contributed by atoms with Crippen LogP contribution in [0.1, 0.15) is 33.3 Å². The number of aromatic nitrogens is 2. The maximum Gasteiger partial charge on any atom is 0.130 e. The topological polar surface area (TPSA) is 37.8 Å². The largest absolute Gasteiger partial charge is 0.370 e. The molecule has 0 spiro atoms. The molecule has 0 saturated heterocycles. The molecule has 0 aliphatic carbocycles. The van der Waals surface area contributed by atoms with Crippen LogP contribution in [0.25, 0.3) is 21.7 Å². The maximum atomic E-state index is 4.91. The first kappa shape index (κ1) is 13.8. The predicted octanol–water partition coefficient (Wildman–Crippen LogP) is 4.51. The number of rotatable bonds is 2. The van der Waals surface area contributed by atoms with Crippen molar-refractivity contribution in [1.82, 2.24) is 9.97 Å². The van der Waals surface area contributed by atoms with Crippen LogP contribution >= 0.6 is 0 Å². The molecule has 0 aliphatic rings. The fraction of sp³-hybridized carbons (Fsp3) is 0.333. The first-order chi connectivity index (χ1) is 10.0. The van der Waals surface area contributed by atoms with Gasteiger partial charge in [-0.2, -0.15) is 0 Å². The predicted molar refractivity (Wildman–Crippen MR) is 89.9 cm³/mol. The minimum absolute atomic E-state index is 0.0581. The van der Waals surface area contributed by atoms with Crippen molar-refractivity contribution in [3.8, 4) is 0 Å². The zero-order valence-electron chi connectivity index (χ0n) is 13.1. The Hall–Kier alpha value is -2.16. The fourth-order valence-corrected chi connectivity index (χ4v) is 2.67. The Morgan fingerprint density at radius 3 is 2.57 bits per heavy atom. The van der Waals surface area contributed by atoms with E-state index in [0.29, 0.717) is 0 Å². The van der Waals surface area contributed by atoms with Crippen LogP contribution in [0.2, 0.25) is 0 Å². The van der Waals surface area contributed by atoms with Crippen molar-refractivity contribution in [3.63, 3.8) is 0 Å². The zero-order valence-corrected chi connectivity index (χ0v) is 13.1. The minimum Gasteiger partial charge on any atom is -0.370 e. The molecule has 3 rings (SSSR count). The summed E-state index contributed by atoms with van der Waals surface area (Å²) in [7, 11) is 0. The van der Waals surface area contributed by atoms with Gasteiger partial charge in [-0.1, -0.05) is 32.9 Å².